The molecule has 0 aromatic heterocycles. The number of nitrogens with one attached hydrogen (secondary N) is 1. The van der Waals surface area contributed by atoms with Gasteiger partial charge in [0.15, 0.2) is 12.7 Å². The summed E-state index contributed by atoms with van der Waals surface area (Å²) in [6.45, 7) is 2.27. The standard InChI is InChI=1S/C22H24N2O8S/c1-16(32-21(26)15-31-19-6-2-17(14-25)3-7-19)22(27)23-18-4-8-20(9-5-18)33(28,29)24-10-12-30-13-11-24/h2-9,14,16H,10-13,15H2,1H3,(H,23,27). The third-order valence-electron chi connectivity index (χ3n) is 4.78. The lowest BCUT2D eigenvalue weighted by Gasteiger charge is -2.26. The van der Waals surface area contributed by atoms with Crippen LogP contribution in [0.4, 0.5) is 5.69 Å². The fourth-order valence-electron chi connectivity index (χ4n) is 2.96. The van der Waals surface area contributed by atoms with Crippen molar-refractivity contribution in [2.75, 3.05) is 38.2 Å². The summed E-state index contributed by atoms with van der Waals surface area (Å²) < 4.78 is 42.2. The highest BCUT2D eigenvalue weighted by molar-refractivity contribution is 7.89. The molecule has 1 aliphatic heterocycles. The molecule has 2 aromatic rings. The van der Waals surface area contributed by atoms with Crippen LogP contribution in [-0.4, -0.2) is 69.9 Å². The number of carbonyl (C=O) groups is 3. The number of hydrogen-bond acceptors (Lipinski definition) is 8. The van der Waals surface area contributed by atoms with Gasteiger partial charge in [0.25, 0.3) is 5.91 Å². The van der Waals surface area contributed by atoms with Crippen LogP contribution in [0.5, 0.6) is 5.75 Å². The fraction of sp³-hybridized carbons (Fsp3) is 0.318. The number of morpholine rings is 1. The molecule has 0 bridgehead atoms. The van der Waals surface area contributed by atoms with Crippen molar-refractivity contribution in [2.45, 2.75) is 17.9 Å². The Kier molecular flexibility index (Phi) is 8.15. The second-order valence-electron chi connectivity index (χ2n) is 7.14. The van der Waals surface area contributed by atoms with Gasteiger partial charge in [0.2, 0.25) is 10.0 Å². The summed E-state index contributed by atoms with van der Waals surface area (Å²) in [4.78, 5) is 35.0. The van der Waals surface area contributed by atoms with Crippen LogP contribution in [0.2, 0.25) is 0 Å². The first kappa shape index (κ1) is 24.4. The van der Waals surface area contributed by atoms with Crippen LogP contribution in [0.25, 0.3) is 0 Å². The highest BCUT2D eigenvalue weighted by atomic mass is 32.2. The SMILES string of the molecule is CC(OC(=O)COc1ccc(C=O)cc1)C(=O)Nc1ccc(S(=O)(=O)N2CCOCC2)cc1. The highest BCUT2D eigenvalue weighted by Crippen LogP contribution is 2.19. The molecule has 1 unspecified atom stereocenters. The van der Waals surface area contributed by atoms with E-state index in [0.717, 1.165) is 0 Å². The van der Waals surface area contributed by atoms with E-state index >= 15 is 0 Å². The number of amides is 1. The highest BCUT2D eigenvalue weighted by Gasteiger charge is 2.26. The number of esters is 1. The molecule has 33 heavy (non-hydrogen) atoms. The van der Waals surface area contributed by atoms with E-state index in [1.54, 1.807) is 12.1 Å². The Labute approximate surface area is 191 Å². The zero-order valence-corrected chi connectivity index (χ0v) is 18.7. The van der Waals surface area contributed by atoms with Gasteiger partial charge >= 0.3 is 5.97 Å². The maximum Gasteiger partial charge on any atom is 0.344 e. The Hall–Kier alpha value is -3.28. The molecule has 1 amide bonds. The molecule has 3 rings (SSSR count). The van der Waals surface area contributed by atoms with E-state index < -0.39 is 34.6 Å². The van der Waals surface area contributed by atoms with Gasteiger partial charge in [-0.3, -0.25) is 9.59 Å². The van der Waals surface area contributed by atoms with Crippen LogP contribution in [0, 0.1) is 0 Å². The summed E-state index contributed by atoms with van der Waals surface area (Å²) >= 11 is 0. The molecule has 1 atom stereocenters. The smallest absolute Gasteiger partial charge is 0.344 e. The molecular weight excluding hydrogens is 452 g/mol. The van der Waals surface area contributed by atoms with E-state index in [0.29, 0.717) is 36.5 Å². The fourth-order valence-corrected chi connectivity index (χ4v) is 4.37. The van der Waals surface area contributed by atoms with Crippen LogP contribution in [0.1, 0.15) is 17.3 Å². The number of sulfonamides is 1. The topological polar surface area (TPSA) is 128 Å². The monoisotopic (exact) mass is 476 g/mol. The Balaban J connectivity index is 1.49. The number of hydrogen-bond donors (Lipinski definition) is 1. The maximum atomic E-state index is 12.6. The van der Waals surface area contributed by atoms with Crippen molar-refractivity contribution in [1.82, 2.24) is 4.31 Å². The summed E-state index contributed by atoms with van der Waals surface area (Å²) in [7, 11) is -3.63. The molecule has 0 aliphatic carbocycles. The second kappa shape index (κ2) is 11.0. The quantitative estimate of drug-likeness (QED) is 0.426. The van der Waals surface area contributed by atoms with Gasteiger partial charge in [-0.25, -0.2) is 13.2 Å². The molecular formula is C22H24N2O8S. The van der Waals surface area contributed by atoms with E-state index in [2.05, 4.69) is 5.32 Å². The third-order valence-corrected chi connectivity index (χ3v) is 6.69. The molecule has 1 saturated heterocycles. The predicted octanol–water partition coefficient (Wildman–Crippen LogP) is 1.47. The van der Waals surface area contributed by atoms with Crippen molar-refractivity contribution in [2.24, 2.45) is 0 Å². The lowest BCUT2D eigenvalue weighted by molar-refractivity contribution is -0.155. The van der Waals surface area contributed by atoms with Crippen LogP contribution < -0.4 is 10.1 Å². The first-order valence-corrected chi connectivity index (χ1v) is 11.6. The van der Waals surface area contributed by atoms with Gasteiger partial charge in [-0.15, -0.1) is 0 Å². The number of rotatable bonds is 9. The molecule has 10 nitrogen and oxygen atoms in total. The first-order chi connectivity index (χ1) is 15.8. The van der Waals surface area contributed by atoms with Gasteiger partial charge in [0, 0.05) is 24.3 Å². The molecule has 176 valence electrons. The van der Waals surface area contributed by atoms with Crippen molar-refractivity contribution in [3.63, 3.8) is 0 Å². The zero-order valence-electron chi connectivity index (χ0n) is 17.9. The molecule has 1 fully saturated rings. The average Bonchev–Trinajstić information content (AvgIpc) is 2.84. The van der Waals surface area contributed by atoms with Crippen LogP contribution in [0.3, 0.4) is 0 Å². The normalized spacial score (nSPS) is 15.3. The minimum absolute atomic E-state index is 0.111. The molecule has 11 heteroatoms. The molecule has 1 heterocycles. The van der Waals surface area contributed by atoms with E-state index in [1.807, 2.05) is 0 Å². The van der Waals surface area contributed by atoms with Crippen molar-refractivity contribution >= 4 is 33.9 Å². The summed E-state index contributed by atoms with van der Waals surface area (Å²) in [6.07, 6.45) is -0.412. The summed E-state index contributed by atoms with van der Waals surface area (Å²) in [5, 5.41) is 2.57. The number of carbonyl (C=O) groups excluding carboxylic acids is 3. The van der Waals surface area contributed by atoms with Gasteiger partial charge < -0.3 is 19.5 Å². The molecule has 1 N–H and O–H groups in total. The molecule has 0 saturated carbocycles. The van der Waals surface area contributed by atoms with Gasteiger partial charge in [-0.05, 0) is 55.5 Å². The average molecular weight is 477 g/mol. The lowest BCUT2D eigenvalue weighted by Crippen LogP contribution is -2.40. The zero-order chi connectivity index (χ0) is 23.8. The predicted molar refractivity (Wildman–Crippen MR) is 118 cm³/mol. The number of nitrogens with zero attached hydrogens (tertiary/aromatic N) is 1. The van der Waals surface area contributed by atoms with Crippen molar-refractivity contribution < 1.29 is 37.0 Å². The number of anilines is 1. The van der Waals surface area contributed by atoms with Crippen molar-refractivity contribution in [3.8, 4) is 5.75 Å². The lowest BCUT2D eigenvalue weighted by atomic mass is 10.2. The van der Waals surface area contributed by atoms with Crippen LogP contribution in [-0.2, 0) is 29.1 Å². The van der Waals surface area contributed by atoms with Gasteiger partial charge in [-0.2, -0.15) is 4.31 Å². The minimum Gasteiger partial charge on any atom is -0.482 e. The van der Waals surface area contributed by atoms with E-state index in [4.69, 9.17) is 14.2 Å². The number of benzene rings is 2. The summed E-state index contributed by atoms with van der Waals surface area (Å²) in [6, 6.07) is 11.9. The second-order valence-corrected chi connectivity index (χ2v) is 9.08. The van der Waals surface area contributed by atoms with Gasteiger partial charge in [0.05, 0.1) is 18.1 Å². The Morgan fingerprint density at radius 3 is 2.33 bits per heavy atom. The third kappa shape index (κ3) is 6.60. The van der Waals surface area contributed by atoms with Crippen LogP contribution >= 0.6 is 0 Å². The maximum absolute atomic E-state index is 12.6. The first-order valence-electron chi connectivity index (χ1n) is 10.2. The minimum atomic E-state index is -3.63. The van der Waals surface area contributed by atoms with E-state index in [1.165, 1.54) is 47.6 Å². The van der Waals surface area contributed by atoms with Crippen molar-refractivity contribution in [1.29, 1.82) is 0 Å². The molecule has 2 aromatic carbocycles. The number of aldehydes is 1. The largest absolute Gasteiger partial charge is 0.482 e. The Morgan fingerprint density at radius 2 is 1.73 bits per heavy atom. The summed E-state index contributed by atoms with van der Waals surface area (Å²) in [5.41, 5.74) is 0.831. The van der Waals surface area contributed by atoms with Crippen molar-refractivity contribution in [3.05, 3.63) is 54.1 Å². The number of ether oxygens (including phenoxy) is 3. The van der Waals surface area contributed by atoms with Gasteiger partial charge in [-0.1, -0.05) is 0 Å². The van der Waals surface area contributed by atoms with Crippen LogP contribution in [0.15, 0.2) is 53.4 Å². The summed E-state index contributed by atoms with van der Waals surface area (Å²) in [5.74, 6) is -0.951. The van der Waals surface area contributed by atoms with Gasteiger partial charge in [0.1, 0.15) is 12.0 Å². The Morgan fingerprint density at radius 1 is 1.09 bits per heavy atom. The molecule has 1 aliphatic rings. The van der Waals surface area contributed by atoms with E-state index in [-0.39, 0.29) is 18.0 Å². The molecule has 0 radical (unpaired) electrons. The van der Waals surface area contributed by atoms with E-state index in [9.17, 15) is 22.8 Å². The Bertz CT molecular complexity index is 1080. The molecule has 0 spiro atoms.